The minimum Gasteiger partial charge on any atom is -0.377 e. The second-order valence-corrected chi connectivity index (χ2v) is 6.07. The van der Waals surface area contributed by atoms with Gasteiger partial charge in [0.25, 0.3) is 0 Å². The van der Waals surface area contributed by atoms with E-state index in [1.54, 1.807) is 0 Å². The summed E-state index contributed by atoms with van der Waals surface area (Å²) < 4.78 is 5.51. The van der Waals surface area contributed by atoms with Crippen molar-refractivity contribution in [3.05, 3.63) is 64.7 Å². The van der Waals surface area contributed by atoms with E-state index in [9.17, 15) is 0 Å². The average molecular weight is 323 g/mol. The molecule has 0 bridgehead atoms. The summed E-state index contributed by atoms with van der Waals surface area (Å²) in [4.78, 5) is 4.48. The highest BCUT2D eigenvalue weighted by Crippen LogP contribution is 2.24. The maximum atomic E-state index is 6.06. The van der Waals surface area contributed by atoms with E-state index in [1.165, 1.54) is 24.0 Å². The molecule has 0 fully saturated rings. The topological polar surface area (TPSA) is 59.6 Å². The summed E-state index contributed by atoms with van der Waals surface area (Å²) in [5.41, 5.74) is 12.3. The summed E-state index contributed by atoms with van der Waals surface area (Å²) in [6.45, 7) is 3.87. The molecule has 3 rings (SSSR count). The van der Waals surface area contributed by atoms with Gasteiger partial charge in [0, 0.05) is 12.3 Å². The van der Waals surface area contributed by atoms with Crippen molar-refractivity contribution in [1.82, 2.24) is 0 Å². The molecule has 126 valence electrons. The van der Waals surface area contributed by atoms with E-state index in [0.717, 1.165) is 23.2 Å². The van der Waals surface area contributed by atoms with Crippen molar-refractivity contribution in [1.29, 1.82) is 0 Å². The van der Waals surface area contributed by atoms with Gasteiger partial charge in [0.1, 0.15) is 0 Å². The third-order valence-corrected chi connectivity index (χ3v) is 4.37. The van der Waals surface area contributed by atoms with Gasteiger partial charge in [-0.15, -0.1) is 0 Å². The lowest BCUT2D eigenvalue weighted by Gasteiger charge is -2.10. The molecule has 2 aromatic carbocycles. The van der Waals surface area contributed by atoms with Gasteiger partial charge >= 0.3 is 0 Å². The van der Waals surface area contributed by atoms with Gasteiger partial charge in [-0.1, -0.05) is 30.3 Å². The molecule has 0 amide bonds. The second kappa shape index (κ2) is 7.97. The van der Waals surface area contributed by atoms with Crippen molar-refractivity contribution >= 4 is 11.6 Å². The third kappa shape index (κ3) is 4.15. The number of hydrogen-bond acceptors (Lipinski definition) is 2. The molecule has 0 radical (unpaired) electrons. The standard InChI is InChI=1S/C20H25N3O/c1-2-24-14-18-7-4-3-6-17(18)13-22-20(21)23-19-11-10-15-8-5-9-16(15)12-19/h3-4,6-7,10-12H,2,5,8-9,13-14H2,1H3,(H3,21,22,23). The molecule has 0 spiro atoms. The molecule has 4 nitrogen and oxygen atoms in total. The van der Waals surface area contributed by atoms with Crippen molar-refractivity contribution in [2.45, 2.75) is 39.3 Å². The molecule has 2 aromatic rings. The first-order valence-electron chi connectivity index (χ1n) is 8.59. The number of nitrogens with zero attached hydrogens (tertiary/aromatic N) is 1. The molecule has 0 saturated heterocycles. The van der Waals surface area contributed by atoms with Crippen LogP contribution in [-0.2, 0) is 30.7 Å². The number of ether oxygens (including phenoxy) is 1. The Morgan fingerprint density at radius 3 is 2.75 bits per heavy atom. The number of nitrogens with two attached hydrogens (primary N) is 1. The van der Waals surface area contributed by atoms with E-state index in [0.29, 0.717) is 25.7 Å². The van der Waals surface area contributed by atoms with E-state index in [2.05, 4.69) is 40.6 Å². The molecule has 0 saturated carbocycles. The lowest BCUT2D eigenvalue weighted by atomic mass is 10.1. The molecule has 1 aliphatic rings. The first-order chi connectivity index (χ1) is 11.8. The Bertz CT molecular complexity index is 725. The molecular formula is C20H25N3O. The van der Waals surface area contributed by atoms with Crippen LogP contribution in [0.4, 0.5) is 5.69 Å². The lowest BCUT2D eigenvalue weighted by molar-refractivity contribution is 0.133. The maximum absolute atomic E-state index is 6.06. The Hall–Kier alpha value is -2.33. The quantitative estimate of drug-likeness (QED) is 0.630. The Balaban J connectivity index is 1.64. The predicted molar refractivity (Wildman–Crippen MR) is 99.2 cm³/mol. The number of hydrogen-bond donors (Lipinski definition) is 2. The molecule has 1 aliphatic carbocycles. The second-order valence-electron chi connectivity index (χ2n) is 6.07. The summed E-state index contributed by atoms with van der Waals surface area (Å²) in [5.74, 6) is 0.444. The fourth-order valence-electron chi connectivity index (χ4n) is 3.07. The number of rotatable bonds is 6. The van der Waals surface area contributed by atoms with E-state index in [-0.39, 0.29) is 0 Å². The smallest absolute Gasteiger partial charge is 0.193 e. The van der Waals surface area contributed by atoms with Crippen LogP contribution in [0, 0.1) is 0 Å². The van der Waals surface area contributed by atoms with Crippen molar-refractivity contribution in [2.24, 2.45) is 10.7 Å². The third-order valence-electron chi connectivity index (χ3n) is 4.37. The number of anilines is 1. The van der Waals surface area contributed by atoms with Crippen LogP contribution < -0.4 is 11.1 Å². The number of guanidine groups is 1. The Kier molecular flexibility index (Phi) is 5.49. The fraction of sp³-hybridized carbons (Fsp3) is 0.350. The van der Waals surface area contributed by atoms with Crippen LogP contribution in [0.1, 0.15) is 35.6 Å². The highest BCUT2D eigenvalue weighted by Gasteiger charge is 2.10. The molecule has 0 atom stereocenters. The molecule has 4 heteroatoms. The van der Waals surface area contributed by atoms with Crippen molar-refractivity contribution in [3.63, 3.8) is 0 Å². The highest BCUT2D eigenvalue weighted by molar-refractivity contribution is 5.92. The average Bonchev–Trinajstić information content (AvgIpc) is 3.06. The monoisotopic (exact) mass is 323 g/mol. The van der Waals surface area contributed by atoms with Gasteiger partial charge in [-0.05, 0) is 60.6 Å². The molecular weight excluding hydrogens is 298 g/mol. The van der Waals surface area contributed by atoms with Crippen LogP contribution in [0.3, 0.4) is 0 Å². The Morgan fingerprint density at radius 2 is 1.92 bits per heavy atom. The van der Waals surface area contributed by atoms with Gasteiger partial charge in [0.2, 0.25) is 0 Å². The van der Waals surface area contributed by atoms with Gasteiger partial charge < -0.3 is 15.8 Å². The number of aryl methyl sites for hydroxylation is 2. The van der Waals surface area contributed by atoms with Crippen LogP contribution in [0.5, 0.6) is 0 Å². The summed E-state index contributed by atoms with van der Waals surface area (Å²) in [6.07, 6.45) is 3.60. The van der Waals surface area contributed by atoms with Gasteiger partial charge in [0.05, 0.1) is 13.2 Å². The predicted octanol–water partition coefficient (Wildman–Crippen LogP) is 3.64. The maximum Gasteiger partial charge on any atom is 0.193 e. The molecule has 0 aliphatic heterocycles. The SMILES string of the molecule is CCOCc1ccccc1CN=C(N)Nc1ccc2c(c1)CCC2. The van der Waals surface area contributed by atoms with Gasteiger partial charge in [-0.3, -0.25) is 0 Å². The van der Waals surface area contributed by atoms with E-state index in [4.69, 9.17) is 10.5 Å². The molecule has 3 N–H and O–H groups in total. The largest absolute Gasteiger partial charge is 0.377 e. The van der Waals surface area contributed by atoms with Gasteiger partial charge in [-0.25, -0.2) is 4.99 Å². The van der Waals surface area contributed by atoms with E-state index in [1.807, 2.05) is 19.1 Å². The lowest BCUT2D eigenvalue weighted by Crippen LogP contribution is -2.22. The number of benzene rings is 2. The summed E-state index contributed by atoms with van der Waals surface area (Å²) in [7, 11) is 0. The minimum absolute atomic E-state index is 0.444. The number of aliphatic imine (C=N–C) groups is 1. The van der Waals surface area contributed by atoms with Crippen LogP contribution in [-0.4, -0.2) is 12.6 Å². The number of fused-ring (bicyclic) bond motifs is 1. The van der Waals surface area contributed by atoms with Crippen LogP contribution in [0.15, 0.2) is 47.5 Å². The number of nitrogens with one attached hydrogen (secondary N) is 1. The fourth-order valence-corrected chi connectivity index (χ4v) is 3.07. The van der Waals surface area contributed by atoms with Gasteiger partial charge in [0.15, 0.2) is 5.96 Å². The first kappa shape index (κ1) is 16.5. The van der Waals surface area contributed by atoms with Gasteiger partial charge in [-0.2, -0.15) is 0 Å². The first-order valence-corrected chi connectivity index (χ1v) is 8.59. The zero-order valence-electron chi connectivity index (χ0n) is 14.2. The Morgan fingerprint density at radius 1 is 1.12 bits per heavy atom. The van der Waals surface area contributed by atoms with Crippen molar-refractivity contribution < 1.29 is 4.74 Å². The molecule has 24 heavy (non-hydrogen) atoms. The summed E-state index contributed by atoms with van der Waals surface area (Å²) in [5, 5.41) is 3.20. The molecule has 0 heterocycles. The van der Waals surface area contributed by atoms with Crippen LogP contribution in [0.25, 0.3) is 0 Å². The van der Waals surface area contributed by atoms with Crippen molar-refractivity contribution in [3.8, 4) is 0 Å². The minimum atomic E-state index is 0.444. The van der Waals surface area contributed by atoms with Crippen LogP contribution >= 0.6 is 0 Å². The van der Waals surface area contributed by atoms with E-state index < -0.39 is 0 Å². The van der Waals surface area contributed by atoms with Crippen LogP contribution in [0.2, 0.25) is 0 Å². The zero-order valence-corrected chi connectivity index (χ0v) is 14.2. The molecule has 0 aromatic heterocycles. The summed E-state index contributed by atoms with van der Waals surface area (Å²) in [6, 6.07) is 14.6. The normalized spacial score (nSPS) is 13.8. The summed E-state index contributed by atoms with van der Waals surface area (Å²) >= 11 is 0. The van der Waals surface area contributed by atoms with Crippen molar-refractivity contribution in [2.75, 3.05) is 11.9 Å². The highest BCUT2D eigenvalue weighted by atomic mass is 16.5. The zero-order chi connectivity index (χ0) is 16.8. The molecule has 0 unspecified atom stereocenters. The Labute approximate surface area is 143 Å². The van der Waals surface area contributed by atoms with E-state index >= 15 is 0 Å².